The average molecular weight is 391 g/mol. The SMILES string of the molecule is CCC(CC)(c1cccc(C)c1)c1ccc(C=CC2(O)CCCCCC2)c(C)c1. The van der Waals surface area contributed by atoms with Crippen LogP contribution in [0.2, 0.25) is 0 Å². The second kappa shape index (κ2) is 9.30. The molecule has 0 heterocycles. The van der Waals surface area contributed by atoms with E-state index in [1.54, 1.807) is 0 Å². The highest BCUT2D eigenvalue weighted by Crippen LogP contribution is 2.40. The summed E-state index contributed by atoms with van der Waals surface area (Å²) >= 11 is 0. The first kappa shape index (κ1) is 21.8. The molecule has 1 fully saturated rings. The van der Waals surface area contributed by atoms with Gasteiger partial charge in [-0.1, -0.05) is 99.7 Å². The van der Waals surface area contributed by atoms with Gasteiger partial charge in [0.25, 0.3) is 0 Å². The summed E-state index contributed by atoms with van der Waals surface area (Å²) in [5, 5.41) is 11.0. The van der Waals surface area contributed by atoms with E-state index < -0.39 is 5.60 Å². The van der Waals surface area contributed by atoms with Crippen LogP contribution in [0.4, 0.5) is 0 Å². The highest BCUT2D eigenvalue weighted by molar-refractivity contribution is 5.57. The minimum atomic E-state index is -0.625. The summed E-state index contributed by atoms with van der Waals surface area (Å²) in [4.78, 5) is 0. The first-order valence-corrected chi connectivity index (χ1v) is 11.5. The van der Waals surface area contributed by atoms with Gasteiger partial charge in [0.05, 0.1) is 5.60 Å². The first-order chi connectivity index (χ1) is 13.9. The summed E-state index contributed by atoms with van der Waals surface area (Å²) in [5.41, 5.74) is 6.07. The van der Waals surface area contributed by atoms with Crippen molar-refractivity contribution in [3.63, 3.8) is 0 Å². The third kappa shape index (κ3) is 4.83. The fraction of sp³-hybridized carbons (Fsp3) is 0.500. The van der Waals surface area contributed by atoms with Gasteiger partial charge in [-0.05, 0) is 61.8 Å². The van der Waals surface area contributed by atoms with Crippen molar-refractivity contribution in [2.24, 2.45) is 0 Å². The quantitative estimate of drug-likeness (QED) is 0.506. The fourth-order valence-electron chi connectivity index (χ4n) is 5.09. The maximum atomic E-state index is 11.0. The summed E-state index contributed by atoms with van der Waals surface area (Å²) in [6, 6.07) is 15.9. The predicted molar refractivity (Wildman–Crippen MR) is 125 cm³/mol. The molecule has 1 N–H and O–H groups in total. The predicted octanol–water partition coefficient (Wildman–Crippen LogP) is 7.51. The zero-order valence-corrected chi connectivity index (χ0v) is 18.8. The van der Waals surface area contributed by atoms with Crippen molar-refractivity contribution in [2.75, 3.05) is 0 Å². The average Bonchev–Trinajstić information content (AvgIpc) is 2.94. The molecule has 1 saturated carbocycles. The molecule has 1 aliphatic carbocycles. The van der Waals surface area contributed by atoms with Crippen molar-refractivity contribution in [2.45, 2.75) is 90.1 Å². The minimum Gasteiger partial charge on any atom is -0.386 e. The molecule has 156 valence electrons. The van der Waals surface area contributed by atoms with Crippen molar-refractivity contribution >= 4 is 6.08 Å². The topological polar surface area (TPSA) is 20.2 Å². The first-order valence-electron chi connectivity index (χ1n) is 11.5. The summed E-state index contributed by atoms with van der Waals surface area (Å²) in [6.45, 7) is 8.98. The normalized spacial score (nSPS) is 17.4. The lowest BCUT2D eigenvalue weighted by Gasteiger charge is -2.34. The Morgan fingerprint density at radius 3 is 2.14 bits per heavy atom. The van der Waals surface area contributed by atoms with E-state index >= 15 is 0 Å². The third-order valence-electron chi connectivity index (χ3n) is 7.14. The molecule has 0 bridgehead atoms. The Labute approximate surface area is 177 Å². The molecule has 2 aromatic carbocycles. The van der Waals surface area contributed by atoms with Gasteiger partial charge < -0.3 is 5.11 Å². The molecule has 0 unspecified atom stereocenters. The number of aryl methyl sites for hydroxylation is 2. The monoisotopic (exact) mass is 390 g/mol. The Balaban J connectivity index is 1.92. The van der Waals surface area contributed by atoms with E-state index in [0.29, 0.717) is 0 Å². The summed E-state index contributed by atoms with van der Waals surface area (Å²) < 4.78 is 0. The van der Waals surface area contributed by atoms with Gasteiger partial charge in [0, 0.05) is 5.41 Å². The van der Waals surface area contributed by atoms with Gasteiger partial charge in [-0.3, -0.25) is 0 Å². The lowest BCUT2D eigenvalue weighted by molar-refractivity contribution is 0.0755. The largest absolute Gasteiger partial charge is 0.386 e. The molecule has 29 heavy (non-hydrogen) atoms. The number of aliphatic hydroxyl groups is 1. The maximum Gasteiger partial charge on any atom is 0.0830 e. The molecular formula is C28H38O. The van der Waals surface area contributed by atoms with Crippen LogP contribution in [0.1, 0.15) is 93.0 Å². The van der Waals surface area contributed by atoms with Crippen molar-refractivity contribution in [3.8, 4) is 0 Å². The van der Waals surface area contributed by atoms with E-state index in [-0.39, 0.29) is 5.41 Å². The van der Waals surface area contributed by atoms with E-state index in [4.69, 9.17) is 0 Å². The fourth-order valence-corrected chi connectivity index (χ4v) is 5.09. The standard InChI is InChI=1S/C28H38O/c1-5-28(6-2,25-13-11-12-22(3)20-25)26-15-14-24(23(4)21-26)16-19-27(29)17-9-7-8-10-18-27/h11-16,19-21,29H,5-10,17-18H2,1-4H3. The molecule has 1 heteroatoms. The Bertz CT molecular complexity index is 833. The Morgan fingerprint density at radius 2 is 1.55 bits per heavy atom. The number of benzene rings is 2. The van der Waals surface area contributed by atoms with E-state index in [1.807, 2.05) is 0 Å². The van der Waals surface area contributed by atoms with Crippen LogP contribution >= 0.6 is 0 Å². The number of hydrogen-bond donors (Lipinski definition) is 1. The molecule has 1 nitrogen and oxygen atoms in total. The van der Waals surface area contributed by atoms with Gasteiger partial charge in [-0.2, -0.15) is 0 Å². The number of hydrogen-bond acceptors (Lipinski definition) is 1. The third-order valence-corrected chi connectivity index (χ3v) is 7.14. The second-order valence-corrected chi connectivity index (χ2v) is 9.08. The van der Waals surface area contributed by atoms with E-state index in [0.717, 1.165) is 38.5 Å². The molecule has 2 aromatic rings. The molecule has 1 aliphatic rings. The molecule has 3 rings (SSSR count). The van der Waals surface area contributed by atoms with Crippen molar-refractivity contribution < 1.29 is 5.11 Å². The second-order valence-electron chi connectivity index (χ2n) is 9.08. The van der Waals surface area contributed by atoms with Gasteiger partial charge in [0.1, 0.15) is 0 Å². The van der Waals surface area contributed by atoms with E-state index in [2.05, 4.69) is 82.3 Å². The Morgan fingerprint density at radius 1 is 0.897 bits per heavy atom. The highest BCUT2D eigenvalue weighted by Gasteiger charge is 2.31. The lowest BCUT2D eigenvalue weighted by atomic mass is 9.70. The van der Waals surface area contributed by atoms with Gasteiger partial charge >= 0.3 is 0 Å². The molecular weight excluding hydrogens is 352 g/mol. The van der Waals surface area contributed by atoms with Crippen molar-refractivity contribution in [3.05, 3.63) is 76.4 Å². The van der Waals surface area contributed by atoms with Crippen LogP contribution < -0.4 is 0 Å². The molecule has 0 aromatic heterocycles. The minimum absolute atomic E-state index is 0.0541. The van der Waals surface area contributed by atoms with Crippen molar-refractivity contribution in [1.29, 1.82) is 0 Å². The van der Waals surface area contributed by atoms with Crippen LogP contribution in [-0.4, -0.2) is 10.7 Å². The molecule has 0 amide bonds. The molecule has 0 aliphatic heterocycles. The molecule has 0 spiro atoms. The molecule has 0 saturated heterocycles. The summed E-state index contributed by atoms with van der Waals surface area (Å²) in [5.74, 6) is 0. The highest BCUT2D eigenvalue weighted by atomic mass is 16.3. The van der Waals surface area contributed by atoms with Gasteiger partial charge in [0.2, 0.25) is 0 Å². The molecule has 0 atom stereocenters. The van der Waals surface area contributed by atoms with Gasteiger partial charge in [-0.15, -0.1) is 0 Å². The van der Waals surface area contributed by atoms with Crippen LogP contribution in [0.15, 0.2) is 48.5 Å². The zero-order valence-electron chi connectivity index (χ0n) is 18.8. The summed E-state index contributed by atoms with van der Waals surface area (Å²) in [6.07, 6.45) is 12.9. The van der Waals surface area contributed by atoms with Crippen LogP contribution in [0.5, 0.6) is 0 Å². The van der Waals surface area contributed by atoms with Crippen LogP contribution in [0, 0.1) is 13.8 Å². The van der Waals surface area contributed by atoms with Gasteiger partial charge in [0.15, 0.2) is 0 Å². The van der Waals surface area contributed by atoms with Crippen LogP contribution in [-0.2, 0) is 5.41 Å². The van der Waals surface area contributed by atoms with E-state index in [1.165, 1.54) is 40.7 Å². The van der Waals surface area contributed by atoms with Crippen LogP contribution in [0.3, 0.4) is 0 Å². The van der Waals surface area contributed by atoms with Crippen LogP contribution in [0.25, 0.3) is 6.08 Å². The summed E-state index contributed by atoms with van der Waals surface area (Å²) in [7, 11) is 0. The lowest BCUT2D eigenvalue weighted by Crippen LogP contribution is -2.26. The van der Waals surface area contributed by atoms with Gasteiger partial charge in [-0.25, -0.2) is 0 Å². The Kier molecular flexibility index (Phi) is 7.01. The molecule has 0 radical (unpaired) electrons. The zero-order chi connectivity index (χ0) is 20.9. The maximum absolute atomic E-state index is 11.0. The number of rotatable bonds is 6. The smallest absolute Gasteiger partial charge is 0.0830 e. The van der Waals surface area contributed by atoms with Crippen molar-refractivity contribution in [1.82, 2.24) is 0 Å². The Hall–Kier alpha value is -1.86. The van der Waals surface area contributed by atoms with E-state index in [9.17, 15) is 5.11 Å².